The number of benzene rings is 1. The third-order valence-electron chi connectivity index (χ3n) is 5.60. The molecule has 1 amide bonds. The second-order valence-corrected chi connectivity index (χ2v) is 7.93. The lowest BCUT2D eigenvalue weighted by atomic mass is 9.82. The molecule has 2 N–H and O–H groups in total. The highest BCUT2D eigenvalue weighted by atomic mass is 32.1. The number of amides is 1. The van der Waals surface area contributed by atoms with E-state index in [-0.39, 0.29) is 17.7 Å². The standard InChI is InChI=1S/C20H17N3O3S/c24-18(14-12-6-7-13(10-12)15(14)19(25)26)22-17-16(11-4-2-1-3-5-11)21-20-23(17)8-9-27-20/h1-9,12-15H,10H2,(H,22,24)(H,25,26)/t12-,13-,14+,15-/m0/s1. The summed E-state index contributed by atoms with van der Waals surface area (Å²) in [5.74, 6) is -1.82. The molecule has 0 aliphatic heterocycles. The highest BCUT2D eigenvalue weighted by molar-refractivity contribution is 7.15. The van der Waals surface area contributed by atoms with E-state index in [0.29, 0.717) is 11.5 Å². The largest absolute Gasteiger partial charge is 0.481 e. The number of thiazole rings is 1. The molecule has 2 bridgehead atoms. The SMILES string of the molecule is O=C(O)[C@@H]1[C@H](C(=O)Nc2c(-c3ccccc3)nc3sccn23)[C@H]2C=C[C@H]1C2. The maximum atomic E-state index is 13.1. The summed E-state index contributed by atoms with van der Waals surface area (Å²) in [6.45, 7) is 0. The molecule has 0 unspecified atom stereocenters. The number of carboxylic acid groups (broad SMARTS) is 1. The van der Waals surface area contributed by atoms with Gasteiger partial charge in [0.05, 0.1) is 11.8 Å². The molecule has 0 radical (unpaired) electrons. The summed E-state index contributed by atoms with van der Waals surface area (Å²) in [6, 6.07) is 9.68. The molecule has 136 valence electrons. The van der Waals surface area contributed by atoms with Crippen LogP contribution in [0.2, 0.25) is 0 Å². The van der Waals surface area contributed by atoms with Crippen LogP contribution in [0.15, 0.2) is 54.1 Å². The molecule has 2 heterocycles. The van der Waals surface area contributed by atoms with E-state index in [9.17, 15) is 14.7 Å². The van der Waals surface area contributed by atoms with Crippen LogP contribution in [0, 0.1) is 23.7 Å². The van der Waals surface area contributed by atoms with Crippen molar-refractivity contribution in [2.45, 2.75) is 6.42 Å². The first-order chi connectivity index (χ1) is 13.1. The average molecular weight is 379 g/mol. The lowest BCUT2D eigenvalue weighted by Gasteiger charge is -2.23. The van der Waals surface area contributed by atoms with Gasteiger partial charge in [-0.1, -0.05) is 42.5 Å². The molecule has 2 aliphatic rings. The minimum atomic E-state index is -0.899. The Bertz CT molecular complexity index is 1070. The molecule has 7 heteroatoms. The molecule has 6 nitrogen and oxygen atoms in total. The van der Waals surface area contributed by atoms with E-state index in [0.717, 1.165) is 16.9 Å². The smallest absolute Gasteiger partial charge is 0.307 e. The van der Waals surface area contributed by atoms with Gasteiger partial charge in [0.1, 0.15) is 11.5 Å². The first kappa shape index (κ1) is 16.3. The van der Waals surface area contributed by atoms with Crippen LogP contribution in [0.1, 0.15) is 6.42 Å². The number of hydrogen-bond donors (Lipinski definition) is 2. The number of fused-ring (bicyclic) bond motifs is 3. The number of allylic oxidation sites excluding steroid dienone is 2. The van der Waals surface area contributed by atoms with Gasteiger partial charge in [0.15, 0.2) is 4.96 Å². The Morgan fingerprint density at radius 3 is 2.63 bits per heavy atom. The molecule has 27 heavy (non-hydrogen) atoms. The molecular weight excluding hydrogens is 362 g/mol. The summed E-state index contributed by atoms with van der Waals surface area (Å²) in [6.07, 6.45) is 6.53. The minimum Gasteiger partial charge on any atom is -0.481 e. The lowest BCUT2D eigenvalue weighted by molar-refractivity contribution is -0.146. The van der Waals surface area contributed by atoms with Crippen molar-refractivity contribution in [2.75, 3.05) is 5.32 Å². The molecule has 3 aromatic rings. The molecule has 5 rings (SSSR count). The number of anilines is 1. The van der Waals surface area contributed by atoms with Crippen LogP contribution in [0.4, 0.5) is 5.82 Å². The fraction of sp³-hybridized carbons (Fsp3) is 0.250. The van der Waals surface area contributed by atoms with Crippen molar-refractivity contribution in [3.8, 4) is 11.3 Å². The van der Waals surface area contributed by atoms with Crippen molar-refractivity contribution >= 4 is 34.0 Å². The van der Waals surface area contributed by atoms with E-state index in [1.807, 2.05) is 58.5 Å². The maximum Gasteiger partial charge on any atom is 0.307 e. The number of hydrogen-bond acceptors (Lipinski definition) is 4. The van der Waals surface area contributed by atoms with E-state index >= 15 is 0 Å². The van der Waals surface area contributed by atoms with Crippen molar-refractivity contribution in [1.29, 1.82) is 0 Å². The number of aliphatic carboxylic acids is 1. The number of carboxylic acids is 1. The number of nitrogens with one attached hydrogen (secondary N) is 1. The van der Waals surface area contributed by atoms with Crippen LogP contribution in [0.3, 0.4) is 0 Å². The van der Waals surface area contributed by atoms with Gasteiger partial charge in [0.2, 0.25) is 5.91 Å². The topological polar surface area (TPSA) is 83.7 Å². The molecule has 0 saturated heterocycles. The molecule has 1 aromatic carbocycles. The Morgan fingerprint density at radius 1 is 1.15 bits per heavy atom. The maximum absolute atomic E-state index is 13.1. The van der Waals surface area contributed by atoms with Crippen molar-refractivity contribution < 1.29 is 14.7 Å². The van der Waals surface area contributed by atoms with Gasteiger partial charge < -0.3 is 10.4 Å². The summed E-state index contributed by atoms with van der Waals surface area (Å²) < 4.78 is 1.85. The van der Waals surface area contributed by atoms with Crippen LogP contribution in [-0.2, 0) is 9.59 Å². The van der Waals surface area contributed by atoms with Gasteiger partial charge in [-0.2, -0.15) is 0 Å². The highest BCUT2D eigenvalue weighted by Crippen LogP contribution is 2.48. The third-order valence-corrected chi connectivity index (χ3v) is 6.35. The second kappa shape index (κ2) is 6.06. The van der Waals surface area contributed by atoms with Crippen LogP contribution >= 0.6 is 11.3 Å². The Morgan fingerprint density at radius 2 is 1.89 bits per heavy atom. The van der Waals surface area contributed by atoms with E-state index in [2.05, 4.69) is 10.3 Å². The highest BCUT2D eigenvalue weighted by Gasteiger charge is 2.51. The monoisotopic (exact) mass is 379 g/mol. The van der Waals surface area contributed by atoms with Crippen molar-refractivity contribution in [3.63, 3.8) is 0 Å². The number of aromatic nitrogens is 2. The van der Waals surface area contributed by atoms with Gasteiger partial charge in [0, 0.05) is 17.1 Å². The molecule has 1 saturated carbocycles. The molecular formula is C20H17N3O3S. The zero-order valence-electron chi connectivity index (χ0n) is 14.3. The zero-order chi connectivity index (χ0) is 18.5. The Labute approximate surface area is 159 Å². The molecule has 4 atom stereocenters. The summed E-state index contributed by atoms with van der Waals surface area (Å²) in [5.41, 5.74) is 1.60. The fourth-order valence-electron chi connectivity index (χ4n) is 4.42. The number of imidazole rings is 1. The van der Waals surface area contributed by atoms with E-state index < -0.39 is 17.8 Å². The van der Waals surface area contributed by atoms with E-state index in [1.54, 1.807) is 0 Å². The van der Waals surface area contributed by atoms with E-state index in [4.69, 9.17) is 0 Å². The van der Waals surface area contributed by atoms with Gasteiger partial charge in [-0.05, 0) is 18.3 Å². The summed E-state index contributed by atoms with van der Waals surface area (Å²) in [4.78, 5) is 30.3. The lowest BCUT2D eigenvalue weighted by Crippen LogP contribution is -2.36. The predicted octanol–water partition coefficient (Wildman–Crippen LogP) is 3.52. The molecule has 1 fully saturated rings. The Kier molecular flexibility index (Phi) is 3.65. The fourth-order valence-corrected chi connectivity index (χ4v) is 5.13. The van der Waals surface area contributed by atoms with Crippen LogP contribution in [0.5, 0.6) is 0 Å². The predicted molar refractivity (Wildman–Crippen MR) is 102 cm³/mol. The first-order valence-electron chi connectivity index (χ1n) is 8.86. The summed E-state index contributed by atoms with van der Waals surface area (Å²) >= 11 is 1.49. The second-order valence-electron chi connectivity index (χ2n) is 7.06. The zero-order valence-corrected chi connectivity index (χ0v) is 15.1. The number of rotatable bonds is 4. The first-order valence-corrected chi connectivity index (χ1v) is 9.74. The van der Waals surface area contributed by atoms with Crippen molar-refractivity contribution in [1.82, 2.24) is 9.38 Å². The molecule has 2 aliphatic carbocycles. The van der Waals surface area contributed by atoms with Crippen LogP contribution in [-0.4, -0.2) is 26.4 Å². The number of nitrogens with zero attached hydrogens (tertiary/aromatic N) is 2. The van der Waals surface area contributed by atoms with Crippen LogP contribution < -0.4 is 5.32 Å². The normalized spacial score (nSPS) is 25.9. The van der Waals surface area contributed by atoms with Crippen molar-refractivity contribution in [2.24, 2.45) is 23.7 Å². The molecule has 0 spiro atoms. The van der Waals surface area contributed by atoms with E-state index in [1.165, 1.54) is 11.3 Å². The van der Waals surface area contributed by atoms with Gasteiger partial charge in [-0.15, -0.1) is 11.3 Å². The van der Waals surface area contributed by atoms with Gasteiger partial charge >= 0.3 is 5.97 Å². The number of carbonyl (C=O) groups excluding carboxylic acids is 1. The van der Waals surface area contributed by atoms with Gasteiger partial charge in [-0.25, -0.2) is 4.98 Å². The Balaban J connectivity index is 1.53. The number of carbonyl (C=O) groups is 2. The minimum absolute atomic E-state index is 0.0119. The third kappa shape index (κ3) is 2.49. The average Bonchev–Trinajstić information content (AvgIpc) is 3.43. The van der Waals surface area contributed by atoms with Crippen molar-refractivity contribution in [3.05, 3.63) is 54.1 Å². The summed E-state index contributed by atoms with van der Waals surface area (Å²) in [7, 11) is 0. The molecule has 2 aromatic heterocycles. The quantitative estimate of drug-likeness (QED) is 0.680. The van der Waals surface area contributed by atoms with Gasteiger partial charge in [-0.3, -0.25) is 14.0 Å². The Hall–Kier alpha value is -2.93. The summed E-state index contributed by atoms with van der Waals surface area (Å²) in [5, 5.41) is 14.5. The van der Waals surface area contributed by atoms with Gasteiger partial charge in [0.25, 0.3) is 0 Å². The van der Waals surface area contributed by atoms with Crippen LogP contribution in [0.25, 0.3) is 16.2 Å².